The minimum atomic E-state index is -0.973. The summed E-state index contributed by atoms with van der Waals surface area (Å²) >= 11 is 0. The number of amides is 1. The van der Waals surface area contributed by atoms with Gasteiger partial charge in [0.25, 0.3) is 0 Å². The number of carboxylic acids is 1. The van der Waals surface area contributed by atoms with Crippen molar-refractivity contribution < 1.29 is 19.4 Å². The lowest BCUT2D eigenvalue weighted by Crippen LogP contribution is -2.39. The minimum Gasteiger partial charge on any atom is -0.477 e. The number of rotatable bonds is 5. The first kappa shape index (κ1) is 18.0. The molecule has 1 amide bonds. The molecular weight excluding hydrogens is 334 g/mol. The van der Waals surface area contributed by atoms with Crippen LogP contribution < -0.4 is 0 Å². The van der Waals surface area contributed by atoms with Crippen LogP contribution in [0.25, 0.3) is 0 Å². The average Bonchev–Trinajstić information content (AvgIpc) is 3.05. The number of benzene rings is 1. The highest BCUT2D eigenvalue weighted by Gasteiger charge is 2.30. The molecule has 0 fully saturated rings. The van der Waals surface area contributed by atoms with Crippen LogP contribution in [0.1, 0.15) is 53.8 Å². The first-order chi connectivity index (χ1) is 12.5. The number of aromatic carboxylic acids is 1. The summed E-state index contributed by atoms with van der Waals surface area (Å²) < 4.78 is 7.08. The van der Waals surface area contributed by atoms with Crippen molar-refractivity contribution in [2.24, 2.45) is 0 Å². The Bertz CT molecular complexity index is 801. The fourth-order valence-corrected chi connectivity index (χ4v) is 3.08. The highest BCUT2D eigenvalue weighted by molar-refractivity contribution is 5.87. The van der Waals surface area contributed by atoms with Gasteiger partial charge in [-0.05, 0) is 12.0 Å². The van der Waals surface area contributed by atoms with Crippen molar-refractivity contribution in [2.45, 2.75) is 45.9 Å². The van der Waals surface area contributed by atoms with Gasteiger partial charge < -0.3 is 14.4 Å². The molecule has 0 radical (unpaired) electrons. The molecule has 1 N–H and O–H groups in total. The molecule has 2 heterocycles. The van der Waals surface area contributed by atoms with Gasteiger partial charge in [0.2, 0.25) is 0 Å². The molecule has 0 saturated carbocycles. The van der Waals surface area contributed by atoms with Crippen molar-refractivity contribution in [3.05, 3.63) is 53.1 Å². The lowest BCUT2D eigenvalue weighted by atomic mass is 10.0. The van der Waals surface area contributed by atoms with Gasteiger partial charge in [-0.25, -0.2) is 14.6 Å². The van der Waals surface area contributed by atoms with Crippen LogP contribution in [-0.4, -0.2) is 38.2 Å². The van der Waals surface area contributed by atoms with Gasteiger partial charge in [0.05, 0.1) is 12.2 Å². The van der Waals surface area contributed by atoms with Crippen molar-refractivity contribution in [2.75, 3.05) is 6.54 Å². The summed E-state index contributed by atoms with van der Waals surface area (Å²) in [7, 11) is 0. The van der Waals surface area contributed by atoms with Gasteiger partial charge in [0, 0.05) is 19.0 Å². The van der Waals surface area contributed by atoms with Gasteiger partial charge in [0.1, 0.15) is 12.4 Å². The number of carbonyl (C=O) groups excluding carboxylic acids is 1. The SMILES string of the molecule is CC[C@H](C)c1nc2n(c1C(=O)O)CCN(C(=O)OCc1ccccc1)C2. The number of carbonyl (C=O) groups is 2. The second-order valence-electron chi connectivity index (χ2n) is 6.49. The summed E-state index contributed by atoms with van der Waals surface area (Å²) in [5.74, 6) is -0.322. The van der Waals surface area contributed by atoms with Gasteiger partial charge in [-0.15, -0.1) is 0 Å². The zero-order chi connectivity index (χ0) is 18.7. The Morgan fingerprint density at radius 2 is 2.00 bits per heavy atom. The first-order valence-electron chi connectivity index (χ1n) is 8.79. The predicted molar refractivity (Wildman–Crippen MR) is 94.9 cm³/mol. The average molecular weight is 357 g/mol. The van der Waals surface area contributed by atoms with Crippen molar-refractivity contribution in [1.82, 2.24) is 14.5 Å². The second-order valence-corrected chi connectivity index (χ2v) is 6.49. The van der Waals surface area contributed by atoms with E-state index in [-0.39, 0.29) is 24.8 Å². The molecule has 0 unspecified atom stereocenters. The van der Waals surface area contributed by atoms with Crippen LogP contribution in [0.5, 0.6) is 0 Å². The summed E-state index contributed by atoms with van der Waals surface area (Å²) in [5.41, 5.74) is 1.76. The quantitative estimate of drug-likeness (QED) is 0.888. The monoisotopic (exact) mass is 357 g/mol. The van der Waals surface area contributed by atoms with E-state index >= 15 is 0 Å². The Hall–Kier alpha value is -2.83. The third kappa shape index (κ3) is 3.56. The molecule has 3 rings (SSSR count). The maximum Gasteiger partial charge on any atom is 0.410 e. The Labute approximate surface area is 152 Å². The third-order valence-corrected chi connectivity index (χ3v) is 4.74. The smallest absolute Gasteiger partial charge is 0.410 e. The van der Waals surface area contributed by atoms with E-state index in [0.717, 1.165) is 12.0 Å². The Morgan fingerprint density at radius 1 is 1.27 bits per heavy atom. The molecule has 1 aromatic heterocycles. The molecule has 2 aromatic rings. The van der Waals surface area contributed by atoms with Crippen LogP contribution in [0.15, 0.2) is 30.3 Å². The molecule has 1 atom stereocenters. The molecule has 1 aliphatic rings. The molecule has 0 saturated heterocycles. The molecule has 7 nitrogen and oxygen atoms in total. The highest BCUT2D eigenvalue weighted by Crippen LogP contribution is 2.26. The number of hydrogen-bond acceptors (Lipinski definition) is 4. The highest BCUT2D eigenvalue weighted by atomic mass is 16.6. The van der Waals surface area contributed by atoms with Crippen LogP contribution in [0.3, 0.4) is 0 Å². The molecule has 138 valence electrons. The normalized spacial score (nSPS) is 14.6. The molecular formula is C19H23N3O4. The van der Waals surface area contributed by atoms with E-state index in [1.807, 2.05) is 44.2 Å². The minimum absolute atomic E-state index is 0.0534. The number of fused-ring (bicyclic) bond motifs is 1. The lowest BCUT2D eigenvalue weighted by molar-refractivity contribution is 0.0675. The molecule has 26 heavy (non-hydrogen) atoms. The Kier molecular flexibility index (Phi) is 5.25. The Balaban J connectivity index is 1.73. The van der Waals surface area contributed by atoms with E-state index in [4.69, 9.17) is 4.74 Å². The van der Waals surface area contributed by atoms with Crippen LogP contribution in [-0.2, 0) is 24.4 Å². The van der Waals surface area contributed by atoms with E-state index in [1.165, 1.54) is 0 Å². The van der Waals surface area contributed by atoms with E-state index in [9.17, 15) is 14.7 Å². The molecule has 0 bridgehead atoms. The number of ether oxygens (including phenoxy) is 1. The molecule has 0 spiro atoms. The summed E-state index contributed by atoms with van der Waals surface area (Å²) in [4.78, 5) is 30.1. The number of carboxylic acid groups (broad SMARTS) is 1. The second kappa shape index (κ2) is 7.59. The lowest BCUT2D eigenvalue weighted by Gasteiger charge is -2.27. The molecule has 0 aliphatic carbocycles. The summed E-state index contributed by atoms with van der Waals surface area (Å²) in [5, 5.41) is 9.57. The summed E-state index contributed by atoms with van der Waals surface area (Å²) in [6, 6.07) is 9.49. The van der Waals surface area contributed by atoms with Crippen molar-refractivity contribution in [3.8, 4) is 0 Å². The van der Waals surface area contributed by atoms with Crippen molar-refractivity contribution >= 4 is 12.1 Å². The molecule has 1 aliphatic heterocycles. The van der Waals surface area contributed by atoms with Gasteiger partial charge in [-0.2, -0.15) is 0 Å². The number of imidazole rings is 1. The third-order valence-electron chi connectivity index (χ3n) is 4.74. The number of nitrogens with zero attached hydrogens (tertiary/aromatic N) is 3. The topological polar surface area (TPSA) is 84.7 Å². The largest absolute Gasteiger partial charge is 0.477 e. The van der Waals surface area contributed by atoms with E-state index < -0.39 is 12.1 Å². The first-order valence-corrected chi connectivity index (χ1v) is 8.79. The zero-order valence-electron chi connectivity index (χ0n) is 15.0. The van der Waals surface area contributed by atoms with E-state index in [0.29, 0.717) is 24.6 Å². The molecule has 7 heteroatoms. The fraction of sp³-hybridized carbons (Fsp3) is 0.421. The fourth-order valence-electron chi connectivity index (χ4n) is 3.08. The predicted octanol–water partition coefficient (Wildman–Crippen LogP) is 3.25. The van der Waals surface area contributed by atoms with Crippen LogP contribution >= 0.6 is 0 Å². The number of aromatic nitrogens is 2. The van der Waals surface area contributed by atoms with Crippen molar-refractivity contribution in [3.63, 3.8) is 0 Å². The zero-order valence-corrected chi connectivity index (χ0v) is 15.0. The molecule has 1 aromatic carbocycles. The van der Waals surface area contributed by atoms with Crippen LogP contribution in [0, 0.1) is 0 Å². The maximum absolute atomic E-state index is 12.3. The van der Waals surface area contributed by atoms with E-state index in [2.05, 4.69) is 4.98 Å². The summed E-state index contributed by atoms with van der Waals surface area (Å²) in [6.45, 7) is 5.24. The van der Waals surface area contributed by atoms with Crippen LogP contribution in [0.4, 0.5) is 4.79 Å². The van der Waals surface area contributed by atoms with Gasteiger partial charge in [-0.1, -0.05) is 44.2 Å². The van der Waals surface area contributed by atoms with Crippen molar-refractivity contribution in [1.29, 1.82) is 0 Å². The standard InChI is InChI=1S/C19H23N3O4/c1-3-13(2)16-17(18(23)24)22-10-9-21(11-15(22)20-16)19(25)26-12-14-7-5-4-6-8-14/h4-8,13H,3,9-12H2,1-2H3,(H,23,24)/t13-/m0/s1. The van der Waals surface area contributed by atoms with Gasteiger partial charge in [0.15, 0.2) is 5.69 Å². The van der Waals surface area contributed by atoms with Gasteiger partial charge >= 0.3 is 12.1 Å². The Morgan fingerprint density at radius 3 is 2.65 bits per heavy atom. The summed E-state index contributed by atoms with van der Waals surface area (Å²) in [6.07, 6.45) is 0.393. The van der Waals surface area contributed by atoms with Gasteiger partial charge in [-0.3, -0.25) is 4.90 Å². The van der Waals surface area contributed by atoms with Crippen LogP contribution in [0.2, 0.25) is 0 Å². The van der Waals surface area contributed by atoms with E-state index in [1.54, 1.807) is 9.47 Å². The number of hydrogen-bond donors (Lipinski definition) is 1. The maximum atomic E-state index is 12.3.